The van der Waals surface area contributed by atoms with Gasteiger partial charge in [0.05, 0.1) is 19.2 Å². The smallest absolute Gasteiger partial charge is 0.328 e. The van der Waals surface area contributed by atoms with E-state index >= 15 is 0 Å². The monoisotopic (exact) mass is 310 g/mol. The van der Waals surface area contributed by atoms with Crippen LogP contribution in [0.25, 0.3) is 10.9 Å². The fourth-order valence-electron chi connectivity index (χ4n) is 2.04. The molecule has 1 aromatic carbocycles. The average Bonchev–Trinajstić information content (AvgIpc) is 2.93. The minimum atomic E-state index is -1.23. The molecule has 7 nitrogen and oxygen atoms in total. The molecule has 1 amide bonds. The molecule has 2 rings (SSSR count). The quantitative estimate of drug-likeness (QED) is 0.743. The molecule has 0 saturated heterocycles. The number of ether oxygens (including phenoxy) is 2. The van der Waals surface area contributed by atoms with E-state index in [0.717, 1.165) is 0 Å². The minimum Gasteiger partial charge on any atom is -0.496 e. The Kier molecular flexibility index (Phi) is 4.62. The van der Waals surface area contributed by atoms with Gasteiger partial charge in [0.1, 0.15) is 17.3 Å². The van der Waals surface area contributed by atoms with Gasteiger partial charge < -0.3 is 24.9 Å². The predicted molar refractivity (Wildman–Crippen MR) is 75.6 cm³/mol. The van der Waals surface area contributed by atoms with Crippen molar-refractivity contribution in [2.24, 2.45) is 0 Å². The Bertz CT molecular complexity index is 713. The van der Waals surface area contributed by atoms with Crippen LogP contribution in [0.15, 0.2) is 18.2 Å². The molecule has 1 unspecified atom stereocenters. The van der Waals surface area contributed by atoms with Crippen molar-refractivity contribution in [1.82, 2.24) is 10.3 Å². The van der Waals surface area contributed by atoms with Gasteiger partial charge in [-0.05, 0) is 18.2 Å². The van der Waals surface area contributed by atoms with Gasteiger partial charge in [0.15, 0.2) is 6.04 Å². The Morgan fingerprint density at radius 2 is 2.14 bits per heavy atom. The summed E-state index contributed by atoms with van der Waals surface area (Å²) in [7, 11) is 2.75. The predicted octanol–water partition coefficient (Wildman–Crippen LogP) is 1.15. The summed E-state index contributed by atoms with van der Waals surface area (Å²) in [5.41, 5.74) is 0.142. The first-order valence-electron chi connectivity index (χ1n) is 6.35. The largest absolute Gasteiger partial charge is 0.496 e. The maximum absolute atomic E-state index is 13.8. The molecule has 1 heterocycles. The number of carbonyl (C=O) groups excluding carboxylic acids is 1. The van der Waals surface area contributed by atoms with Crippen molar-refractivity contribution >= 4 is 22.8 Å². The summed E-state index contributed by atoms with van der Waals surface area (Å²) in [5, 5.41) is 11.7. The van der Waals surface area contributed by atoms with Crippen LogP contribution in [0.4, 0.5) is 4.39 Å². The molecule has 1 aromatic heterocycles. The van der Waals surface area contributed by atoms with E-state index in [1.165, 1.54) is 32.4 Å². The van der Waals surface area contributed by atoms with Crippen LogP contribution >= 0.6 is 0 Å². The lowest BCUT2D eigenvalue weighted by molar-refractivity contribution is -0.140. The number of amides is 1. The fraction of sp³-hybridized carbons (Fsp3) is 0.286. The summed E-state index contributed by atoms with van der Waals surface area (Å²) in [4.78, 5) is 25.7. The van der Waals surface area contributed by atoms with E-state index in [1.54, 1.807) is 0 Å². The third-order valence-electron chi connectivity index (χ3n) is 3.10. The fourth-order valence-corrected chi connectivity index (χ4v) is 2.04. The van der Waals surface area contributed by atoms with Crippen molar-refractivity contribution in [1.29, 1.82) is 0 Å². The summed E-state index contributed by atoms with van der Waals surface area (Å²) >= 11 is 0. The highest BCUT2D eigenvalue weighted by Crippen LogP contribution is 2.28. The number of aliphatic carboxylic acids is 1. The molecule has 0 aliphatic heterocycles. The number of methoxy groups -OCH3 is 2. The van der Waals surface area contributed by atoms with Gasteiger partial charge in [0.25, 0.3) is 5.91 Å². The lowest BCUT2D eigenvalue weighted by atomic mass is 10.2. The van der Waals surface area contributed by atoms with E-state index in [2.05, 4.69) is 10.3 Å². The number of hydrogen-bond acceptors (Lipinski definition) is 4. The number of benzene rings is 1. The zero-order chi connectivity index (χ0) is 16.3. The van der Waals surface area contributed by atoms with E-state index in [1.807, 2.05) is 0 Å². The second-order valence-electron chi connectivity index (χ2n) is 4.54. The molecular formula is C14H15FN2O5. The highest BCUT2D eigenvalue weighted by Gasteiger charge is 2.22. The second kappa shape index (κ2) is 6.44. The highest BCUT2D eigenvalue weighted by molar-refractivity contribution is 6.01. The van der Waals surface area contributed by atoms with Gasteiger partial charge in [0.2, 0.25) is 0 Å². The van der Waals surface area contributed by atoms with E-state index in [0.29, 0.717) is 11.1 Å². The number of aromatic nitrogens is 1. The maximum atomic E-state index is 13.8. The second-order valence-corrected chi connectivity index (χ2v) is 4.54. The lowest BCUT2D eigenvalue weighted by Gasteiger charge is -2.12. The number of fused-ring (bicyclic) bond motifs is 1. The van der Waals surface area contributed by atoms with Crippen molar-refractivity contribution in [3.63, 3.8) is 0 Å². The Balaban J connectivity index is 2.32. The molecule has 0 spiro atoms. The summed E-state index contributed by atoms with van der Waals surface area (Å²) in [5.74, 6) is -2.04. The van der Waals surface area contributed by atoms with Crippen LogP contribution in [-0.2, 0) is 9.53 Å². The van der Waals surface area contributed by atoms with Gasteiger partial charge in [-0.1, -0.05) is 0 Å². The number of hydrogen-bond donors (Lipinski definition) is 3. The topological polar surface area (TPSA) is 101 Å². The van der Waals surface area contributed by atoms with E-state index in [4.69, 9.17) is 14.6 Å². The molecule has 0 fully saturated rings. The first-order valence-corrected chi connectivity index (χ1v) is 6.35. The lowest BCUT2D eigenvalue weighted by Crippen LogP contribution is -2.43. The van der Waals surface area contributed by atoms with E-state index in [9.17, 15) is 14.0 Å². The summed E-state index contributed by atoms with van der Waals surface area (Å²) in [6.45, 7) is -0.182. The van der Waals surface area contributed by atoms with Crippen LogP contribution in [0, 0.1) is 5.82 Å². The number of H-pyrrole nitrogens is 1. The van der Waals surface area contributed by atoms with Gasteiger partial charge >= 0.3 is 5.97 Å². The number of halogens is 1. The Hall–Kier alpha value is -2.61. The van der Waals surface area contributed by atoms with Crippen molar-refractivity contribution in [3.05, 3.63) is 29.7 Å². The molecule has 3 N–H and O–H groups in total. The highest BCUT2D eigenvalue weighted by atomic mass is 19.1. The molecule has 0 radical (unpaired) electrons. The molecule has 8 heteroatoms. The minimum absolute atomic E-state index is 0.0285. The molecule has 0 aliphatic carbocycles. The standard InChI is InChI=1S/C14H15FN2O5/c1-21-6-10(14(19)20)17-13(18)9-5-7-11(22-2)4-3-8(15)12(7)16-9/h3-5,10,16H,6H2,1-2H3,(H,17,18)(H,19,20). The summed E-state index contributed by atoms with van der Waals surface area (Å²) < 4.78 is 23.6. The van der Waals surface area contributed by atoms with Crippen molar-refractivity contribution in [2.75, 3.05) is 20.8 Å². The number of aromatic amines is 1. The van der Waals surface area contributed by atoms with E-state index < -0.39 is 23.7 Å². The molecule has 0 saturated carbocycles. The summed E-state index contributed by atoms with van der Waals surface area (Å²) in [6.07, 6.45) is 0. The normalized spacial score (nSPS) is 12.1. The number of carboxylic acid groups (broad SMARTS) is 1. The van der Waals surface area contributed by atoms with Crippen molar-refractivity contribution in [3.8, 4) is 5.75 Å². The number of carboxylic acids is 1. The van der Waals surface area contributed by atoms with Crippen LogP contribution in [-0.4, -0.2) is 48.8 Å². The number of nitrogens with one attached hydrogen (secondary N) is 2. The van der Waals surface area contributed by atoms with Crippen molar-refractivity contribution < 1.29 is 28.6 Å². The number of carbonyl (C=O) groups is 2. The zero-order valence-corrected chi connectivity index (χ0v) is 12.0. The first-order chi connectivity index (χ1) is 10.5. The van der Waals surface area contributed by atoms with Gasteiger partial charge in [0, 0.05) is 12.5 Å². The van der Waals surface area contributed by atoms with E-state index in [-0.39, 0.29) is 17.8 Å². The Morgan fingerprint density at radius 3 is 2.73 bits per heavy atom. The molecule has 0 aliphatic rings. The zero-order valence-electron chi connectivity index (χ0n) is 12.0. The van der Waals surface area contributed by atoms with Crippen LogP contribution in [0.2, 0.25) is 0 Å². The number of rotatable bonds is 6. The molecule has 2 aromatic rings. The van der Waals surface area contributed by atoms with Crippen molar-refractivity contribution in [2.45, 2.75) is 6.04 Å². The van der Waals surface area contributed by atoms with Crippen LogP contribution in [0.3, 0.4) is 0 Å². The molecule has 0 bridgehead atoms. The van der Waals surface area contributed by atoms with Crippen LogP contribution in [0.1, 0.15) is 10.5 Å². The average molecular weight is 310 g/mol. The third-order valence-corrected chi connectivity index (χ3v) is 3.10. The Labute approximate surface area is 125 Å². The third kappa shape index (κ3) is 3.01. The van der Waals surface area contributed by atoms with Crippen LogP contribution in [0.5, 0.6) is 5.75 Å². The van der Waals surface area contributed by atoms with Gasteiger partial charge in [-0.3, -0.25) is 4.79 Å². The molecule has 118 valence electrons. The van der Waals surface area contributed by atoms with Gasteiger partial charge in [-0.25, -0.2) is 9.18 Å². The van der Waals surface area contributed by atoms with Gasteiger partial charge in [-0.15, -0.1) is 0 Å². The molecule has 1 atom stereocenters. The molecular weight excluding hydrogens is 295 g/mol. The SMILES string of the molecule is COCC(NC(=O)c1cc2c(OC)ccc(F)c2[nH]1)C(=O)O. The van der Waals surface area contributed by atoms with Crippen LogP contribution < -0.4 is 10.1 Å². The maximum Gasteiger partial charge on any atom is 0.328 e. The molecule has 22 heavy (non-hydrogen) atoms. The summed E-state index contributed by atoms with van der Waals surface area (Å²) in [6, 6.07) is 2.86. The first kappa shape index (κ1) is 15.8. The Morgan fingerprint density at radius 1 is 1.41 bits per heavy atom. The van der Waals surface area contributed by atoms with Gasteiger partial charge in [-0.2, -0.15) is 0 Å².